The second kappa shape index (κ2) is 11.6. The molecule has 2 atom stereocenters. The van der Waals surface area contributed by atoms with E-state index < -0.39 is 31.0 Å². The summed E-state index contributed by atoms with van der Waals surface area (Å²) in [5, 5.41) is 3.49. The van der Waals surface area contributed by atoms with E-state index in [9.17, 15) is 18.0 Å². The first-order valence-corrected chi connectivity index (χ1v) is 10.3. The second-order valence-electron chi connectivity index (χ2n) is 6.89. The molecular formula is C20H19Cl4F3N2O3. The van der Waals surface area contributed by atoms with Crippen molar-refractivity contribution in [2.45, 2.75) is 18.4 Å². The number of anilines is 1. The number of ether oxygens (including phenoxy) is 2. The first-order valence-electron chi connectivity index (χ1n) is 9.20. The van der Waals surface area contributed by atoms with Crippen LogP contribution in [-0.4, -0.2) is 49.5 Å². The van der Waals surface area contributed by atoms with Crippen LogP contribution in [0.4, 0.5) is 23.7 Å². The number of morpholine rings is 1. The molecule has 0 bridgehead atoms. The van der Waals surface area contributed by atoms with Crippen molar-refractivity contribution in [3.63, 3.8) is 0 Å². The number of nitrogens with zero attached hydrogens (tertiary/aromatic N) is 1. The maximum absolute atomic E-state index is 13.5. The third-order valence-corrected chi connectivity index (χ3v) is 5.22. The summed E-state index contributed by atoms with van der Waals surface area (Å²) in [6.07, 6.45) is -8.79. The van der Waals surface area contributed by atoms with Crippen LogP contribution in [0.5, 0.6) is 0 Å². The molecule has 1 aliphatic rings. The number of halogens is 7. The van der Waals surface area contributed by atoms with Crippen molar-refractivity contribution in [1.29, 1.82) is 0 Å². The molecule has 0 aliphatic carbocycles. The van der Waals surface area contributed by atoms with Gasteiger partial charge in [0.2, 0.25) is 6.10 Å². The number of alkyl halides is 3. The molecule has 12 heteroatoms. The number of carbonyl (C=O) groups excluding carboxylic acids is 1. The van der Waals surface area contributed by atoms with Crippen LogP contribution in [0.1, 0.15) is 11.7 Å². The molecule has 0 spiro atoms. The molecule has 2 aromatic rings. The molecule has 5 nitrogen and oxygen atoms in total. The normalized spacial score (nSPS) is 17.9. The van der Waals surface area contributed by atoms with Crippen LogP contribution >= 0.6 is 47.2 Å². The van der Waals surface area contributed by atoms with Gasteiger partial charge in [0.25, 0.3) is 0 Å². The highest BCUT2D eigenvalue weighted by atomic mass is 35.5. The van der Waals surface area contributed by atoms with E-state index in [1.54, 1.807) is 18.2 Å². The number of rotatable bonds is 5. The number of hydrogen-bond donors (Lipinski definition) is 1. The first kappa shape index (κ1) is 26.8. The van der Waals surface area contributed by atoms with Crippen LogP contribution in [0.15, 0.2) is 42.5 Å². The monoisotopic (exact) mass is 532 g/mol. The number of nitrogens with one attached hydrogen (secondary N) is 1. The van der Waals surface area contributed by atoms with E-state index in [0.717, 1.165) is 0 Å². The van der Waals surface area contributed by atoms with E-state index in [0.29, 0.717) is 20.6 Å². The summed E-state index contributed by atoms with van der Waals surface area (Å²) in [5.41, 5.74) is 0.923. The first-order chi connectivity index (χ1) is 14.6. The lowest BCUT2D eigenvalue weighted by atomic mass is 10.1. The largest absolute Gasteiger partial charge is 0.435 e. The minimum atomic E-state index is -4.75. The molecule has 3 rings (SSSR count). The van der Waals surface area contributed by atoms with E-state index >= 15 is 0 Å². The maximum atomic E-state index is 13.5. The highest BCUT2D eigenvalue weighted by Gasteiger charge is 2.44. The van der Waals surface area contributed by atoms with Gasteiger partial charge < -0.3 is 9.47 Å². The van der Waals surface area contributed by atoms with E-state index in [1.807, 2.05) is 0 Å². The van der Waals surface area contributed by atoms with E-state index in [-0.39, 0.29) is 37.8 Å². The van der Waals surface area contributed by atoms with Crippen molar-refractivity contribution in [3.8, 4) is 0 Å². The topological polar surface area (TPSA) is 50.8 Å². The molecular weight excluding hydrogens is 515 g/mol. The van der Waals surface area contributed by atoms with Crippen LogP contribution in [-0.2, 0) is 9.47 Å². The highest BCUT2D eigenvalue weighted by molar-refractivity contribution is 6.34. The molecule has 1 aliphatic heterocycles. The smallest absolute Gasteiger partial charge is 0.426 e. The molecule has 176 valence electrons. The Morgan fingerprint density at radius 3 is 2.34 bits per heavy atom. The summed E-state index contributed by atoms with van der Waals surface area (Å²) in [7, 11) is 0. The van der Waals surface area contributed by atoms with Crippen molar-refractivity contribution in [2.75, 3.05) is 31.6 Å². The third-order valence-electron chi connectivity index (χ3n) is 4.54. The Bertz CT molecular complexity index is 896. The predicted octanol–water partition coefficient (Wildman–Crippen LogP) is 6.62. The summed E-state index contributed by atoms with van der Waals surface area (Å²) in [5.74, 6) is 0. The zero-order chi connectivity index (χ0) is 22.6. The molecule has 1 N–H and O–H groups in total. The van der Waals surface area contributed by atoms with Crippen LogP contribution in [0.25, 0.3) is 0 Å². The van der Waals surface area contributed by atoms with Gasteiger partial charge in [-0.3, -0.25) is 10.2 Å². The third kappa shape index (κ3) is 7.86. The number of benzene rings is 2. The molecule has 1 amide bonds. The van der Waals surface area contributed by atoms with Crippen LogP contribution in [0.3, 0.4) is 0 Å². The van der Waals surface area contributed by atoms with E-state index in [4.69, 9.17) is 44.3 Å². The van der Waals surface area contributed by atoms with Gasteiger partial charge in [-0.2, -0.15) is 13.2 Å². The minimum Gasteiger partial charge on any atom is -0.435 e. The quantitative estimate of drug-likeness (QED) is 0.469. The Kier molecular flexibility index (Phi) is 9.75. The second-order valence-corrected chi connectivity index (χ2v) is 8.20. The summed E-state index contributed by atoms with van der Waals surface area (Å²) < 4.78 is 51.0. The molecule has 2 aromatic carbocycles. The van der Waals surface area contributed by atoms with Crippen LogP contribution < -0.4 is 5.32 Å². The summed E-state index contributed by atoms with van der Waals surface area (Å²) in [6.45, 7) is 0.0764. The SMILES string of the molecule is Cl.O=C(Nc1ccc(Cl)cc1)O[C@@H](CN1CCO[C@H](c2cc(Cl)cc(Cl)c2)C1)C(F)(F)F. The molecule has 0 aromatic heterocycles. The van der Waals surface area contributed by atoms with Crippen LogP contribution in [0, 0.1) is 0 Å². The fourth-order valence-electron chi connectivity index (χ4n) is 3.08. The average molecular weight is 534 g/mol. The van der Waals surface area contributed by atoms with Gasteiger partial charge in [0, 0.05) is 40.4 Å². The van der Waals surface area contributed by atoms with Crippen molar-refractivity contribution >= 4 is 59.0 Å². The fourth-order valence-corrected chi connectivity index (χ4v) is 3.75. The molecule has 1 saturated heterocycles. The van der Waals surface area contributed by atoms with Gasteiger partial charge in [0.05, 0.1) is 12.7 Å². The van der Waals surface area contributed by atoms with Gasteiger partial charge >= 0.3 is 12.3 Å². The van der Waals surface area contributed by atoms with Crippen molar-refractivity contribution in [3.05, 3.63) is 63.1 Å². The molecule has 1 fully saturated rings. The van der Waals surface area contributed by atoms with Gasteiger partial charge in [0.15, 0.2) is 0 Å². The fraction of sp³-hybridized carbons (Fsp3) is 0.350. The zero-order valence-electron chi connectivity index (χ0n) is 16.4. The highest BCUT2D eigenvalue weighted by Crippen LogP contribution is 2.30. The van der Waals surface area contributed by atoms with Crippen molar-refractivity contribution in [1.82, 2.24) is 4.90 Å². The standard InChI is InChI=1S/C20H18Cl3F3N2O3.ClH/c21-13-1-3-16(4-2-13)27-19(29)31-18(20(24,25)26)11-28-5-6-30-17(10-28)12-7-14(22)9-15(23)8-12;/h1-4,7-9,17-18H,5-6,10-11H2,(H,27,29);1H/t17-,18-;/m0./s1. The Morgan fingerprint density at radius 2 is 1.75 bits per heavy atom. The van der Waals surface area contributed by atoms with Gasteiger partial charge in [-0.25, -0.2) is 4.79 Å². The summed E-state index contributed by atoms with van der Waals surface area (Å²) in [6, 6.07) is 10.8. The lowest BCUT2D eigenvalue weighted by Crippen LogP contribution is -2.48. The maximum Gasteiger partial charge on any atom is 0.426 e. The van der Waals surface area contributed by atoms with Gasteiger partial charge in [0.1, 0.15) is 0 Å². The number of carbonyl (C=O) groups is 1. The lowest BCUT2D eigenvalue weighted by molar-refractivity contribution is -0.209. The van der Waals surface area contributed by atoms with Gasteiger partial charge in [-0.1, -0.05) is 34.8 Å². The Hall–Kier alpha value is -1.42. The van der Waals surface area contributed by atoms with Crippen molar-refractivity contribution in [2.24, 2.45) is 0 Å². The van der Waals surface area contributed by atoms with Crippen molar-refractivity contribution < 1.29 is 27.4 Å². The molecule has 32 heavy (non-hydrogen) atoms. The Balaban J connectivity index is 0.00000363. The average Bonchev–Trinajstić information content (AvgIpc) is 2.68. The lowest BCUT2D eigenvalue weighted by Gasteiger charge is -2.35. The zero-order valence-corrected chi connectivity index (χ0v) is 19.5. The predicted molar refractivity (Wildman–Crippen MR) is 120 cm³/mol. The summed E-state index contributed by atoms with van der Waals surface area (Å²) >= 11 is 17.8. The Labute approximate surface area is 204 Å². The molecule has 0 saturated carbocycles. The van der Waals surface area contributed by atoms with Gasteiger partial charge in [-0.05, 0) is 48.0 Å². The van der Waals surface area contributed by atoms with Crippen LogP contribution in [0.2, 0.25) is 15.1 Å². The summed E-state index contributed by atoms with van der Waals surface area (Å²) in [4.78, 5) is 13.5. The minimum absolute atomic E-state index is 0. The molecule has 0 radical (unpaired) electrons. The number of hydrogen-bond acceptors (Lipinski definition) is 4. The van der Waals surface area contributed by atoms with Gasteiger partial charge in [-0.15, -0.1) is 12.4 Å². The molecule has 1 heterocycles. The van der Waals surface area contributed by atoms with E-state index in [1.165, 1.54) is 29.2 Å². The number of amides is 1. The molecule has 0 unspecified atom stereocenters. The Morgan fingerprint density at radius 1 is 1.12 bits per heavy atom. The van der Waals surface area contributed by atoms with E-state index in [2.05, 4.69) is 5.32 Å².